The zero-order valence-corrected chi connectivity index (χ0v) is 16.8. The molecule has 2 aromatic carbocycles. The van der Waals surface area contributed by atoms with Crippen LogP contribution in [0.3, 0.4) is 0 Å². The van der Waals surface area contributed by atoms with Crippen LogP contribution >= 0.6 is 11.6 Å². The molecule has 0 spiro atoms. The summed E-state index contributed by atoms with van der Waals surface area (Å²) < 4.78 is 30.1. The summed E-state index contributed by atoms with van der Waals surface area (Å²) in [5, 5.41) is 3.22. The fourth-order valence-corrected chi connectivity index (χ4v) is 3.52. The monoisotopic (exact) mass is 432 g/mol. The van der Waals surface area contributed by atoms with Crippen molar-refractivity contribution in [1.82, 2.24) is 10.2 Å². The summed E-state index contributed by atoms with van der Waals surface area (Å²) >= 11 is 6.34. The van der Waals surface area contributed by atoms with Crippen LogP contribution in [0.4, 0.5) is 9.18 Å². The SMILES string of the molecule is CNC(=O)Oc1cc2cc(-c3ccc(F)c(C(=O)N4CCOCC4)c3)cc(Cl)c2o1. The summed E-state index contributed by atoms with van der Waals surface area (Å²) in [5.74, 6) is -0.980. The van der Waals surface area contributed by atoms with Crippen molar-refractivity contribution >= 4 is 34.6 Å². The number of carbonyl (C=O) groups is 2. The highest BCUT2D eigenvalue weighted by atomic mass is 35.5. The molecule has 1 aliphatic rings. The molecule has 0 radical (unpaired) electrons. The predicted octanol–water partition coefficient (Wildman–Crippen LogP) is 4.08. The Bertz CT molecular complexity index is 1120. The lowest BCUT2D eigenvalue weighted by molar-refractivity contribution is 0.0300. The van der Waals surface area contributed by atoms with E-state index in [4.69, 9.17) is 25.5 Å². The van der Waals surface area contributed by atoms with Gasteiger partial charge in [-0.05, 0) is 35.4 Å². The summed E-state index contributed by atoms with van der Waals surface area (Å²) in [6, 6.07) is 9.28. The van der Waals surface area contributed by atoms with Crippen molar-refractivity contribution in [2.24, 2.45) is 0 Å². The summed E-state index contributed by atoms with van der Waals surface area (Å²) in [4.78, 5) is 25.7. The number of ether oxygens (including phenoxy) is 2. The number of rotatable bonds is 3. The number of benzene rings is 2. The molecule has 156 valence electrons. The van der Waals surface area contributed by atoms with Gasteiger partial charge in [-0.2, -0.15) is 0 Å². The Hall–Kier alpha value is -3.10. The first-order valence-corrected chi connectivity index (χ1v) is 9.63. The largest absolute Gasteiger partial charge is 0.424 e. The van der Waals surface area contributed by atoms with Crippen LogP contribution in [0.1, 0.15) is 10.4 Å². The Morgan fingerprint density at radius 3 is 2.63 bits per heavy atom. The van der Waals surface area contributed by atoms with Gasteiger partial charge in [0, 0.05) is 31.6 Å². The maximum atomic E-state index is 14.4. The number of morpholine rings is 1. The van der Waals surface area contributed by atoms with Crippen LogP contribution in [0, 0.1) is 5.82 Å². The van der Waals surface area contributed by atoms with Gasteiger partial charge < -0.3 is 24.1 Å². The molecule has 2 heterocycles. The summed E-state index contributed by atoms with van der Waals surface area (Å²) in [6.07, 6.45) is -0.671. The fraction of sp³-hybridized carbons (Fsp3) is 0.238. The standard InChI is InChI=1S/C21H18ClFN2O5/c1-24-21(27)30-18-11-14-8-13(10-16(22)19(14)29-18)12-2-3-17(23)15(9-12)20(26)25-4-6-28-7-5-25/h2-3,8-11H,4-7H2,1H3,(H,24,27). The molecule has 0 bridgehead atoms. The van der Waals surface area contributed by atoms with Gasteiger partial charge in [-0.25, -0.2) is 9.18 Å². The fourth-order valence-electron chi connectivity index (χ4n) is 3.25. The van der Waals surface area contributed by atoms with Crippen LogP contribution in [0.5, 0.6) is 5.95 Å². The highest BCUT2D eigenvalue weighted by Crippen LogP contribution is 2.35. The van der Waals surface area contributed by atoms with E-state index in [1.807, 2.05) is 0 Å². The molecule has 1 N–H and O–H groups in total. The summed E-state index contributed by atoms with van der Waals surface area (Å²) in [5.41, 5.74) is 1.62. The van der Waals surface area contributed by atoms with Gasteiger partial charge in [0.25, 0.3) is 11.9 Å². The molecule has 0 atom stereocenters. The van der Waals surface area contributed by atoms with Gasteiger partial charge >= 0.3 is 6.09 Å². The molecule has 30 heavy (non-hydrogen) atoms. The van der Waals surface area contributed by atoms with E-state index in [-0.39, 0.29) is 17.4 Å². The Labute approximate surface area is 176 Å². The molecule has 0 unspecified atom stereocenters. The van der Waals surface area contributed by atoms with E-state index in [1.165, 1.54) is 25.2 Å². The van der Waals surface area contributed by atoms with Gasteiger partial charge in [0.2, 0.25) is 0 Å². The number of carbonyl (C=O) groups excluding carboxylic acids is 2. The number of nitrogens with zero attached hydrogens (tertiary/aromatic N) is 1. The summed E-state index contributed by atoms with van der Waals surface area (Å²) in [7, 11) is 1.43. The zero-order chi connectivity index (χ0) is 21.3. The van der Waals surface area contributed by atoms with Crippen molar-refractivity contribution in [3.05, 3.63) is 52.8 Å². The topological polar surface area (TPSA) is 81.0 Å². The van der Waals surface area contributed by atoms with Gasteiger partial charge in [0.05, 0.1) is 23.8 Å². The molecule has 1 aromatic heterocycles. The van der Waals surface area contributed by atoms with Crippen molar-refractivity contribution in [3.63, 3.8) is 0 Å². The van der Waals surface area contributed by atoms with E-state index in [2.05, 4.69) is 5.32 Å². The van der Waals surface area contributed by atoms with Crippen LogP contribution in [0.15, 0.2) is 40.8 Å². The van der Waals surface area contributed by atoms with Crippen LogP contribution in [-0.4, -0.2) is 50.3 Å². The van der Waals surface area contributed by atoms with Crippen molar-refractivity contribution in [2.45, 2.75) is 0 Å². The number of fused-ring (bicyclic) bond motifs is 1. The number of halogens is 2. The normalized spacial score (nSPS) is 14.0. The molecule has 1 fully saturated rings. The minimum absolute atomic E-state index is 0.00862. The van der Waals surface area contributed by atoms with E-state index < -0.39 is 11.9 Å². The number of nitrogens with one attached hydrogen (secondary N) is 1. The van der Waals surface area contributed by atoms with E-state index in [0.29, 0.717) is 53.4 Å². The van der Waals surface area contributed by atoms with E-state index in [0.717, 1.165) is 0 Å². The quantitative estimate of drug-likeness (QED) is 0.674. The van der Waals surface area contributed by atoms with Crippen molar-refractivity contribution in [2.75, 3.05) is 33.4 Å². The molecular weight excluding hydrogens is 415 g/mol. The average molecular weight is 433 g/mol. The Morgan fingerprint density at radius 2 is 1.90 bits per heavy atom. The third-order valence-electron chi connectivity index (χ3n) is 4.77. The zero-order valence-electron chi connectivity index (χ0n) is 16.0. The van der Waals surface area contributed by atoms with Gasteiger partial charge in [0.15, 0.2) is 5.58 Å². The minimum Gasteiger partial charge on any atom is -0.424 e. The summed E-state index contributed by atoms with van der Waals surface area (Å²) in [6.45, 7) is 1.70. The molecule has 7 nitrogen and oxygen atoms in total. The lowest BCUT2D eigenvalue weighted by atomic mass is 10.0. The molecule has 2 amide bonds. The van der Waals surface area contributed by atoms with E-state index in [1.54, 1.807) is 23.1 Å². The van der Waals surface area contributed by atoms with Gasteiger partial charge in [-0.15, -0.1) is 0 Å². The molecule has 9 heteroatoms. The van der Waals surface area contributed by atoms with Crippen molar-refractivity contribution < 1.29 is 27.9 Å². The second kappa shape index (κ2) is 8.33. The van der Waals surface area contributed by atoms with Gasteiger partial charge in [0.1, 0.15) is 5.82 Å². The average Bonchev–Trinajstić information content (AvgIpc) is 3.17. The highest BCUT2D eigenvalue weighted by molar-refractivity contribution is 6.35. The lowest BCUT2D eigenvalue weighted by Gasteiger charge is -2.27. The first-order valence-electron chi connectivity index (χ1n) is 9.26. The third kappa shape index (κ3) is 3.96. The second-order valence-electron chi connectivity index (χ2n) is 6.68. The predicted molar refractivity (Wildman–Crippen MR) is 108 cm³/mol. The number of amides is 2. The number of hydrogen-bond donors (Lipinski definition) is 1. The van der Waals surface area contributed by atoms with Crippen molar-refractivity contribution in [1.29, 1.82) is 0 Å². The minimum atomic E-state index is -0.671. The molecule has 1 aliphatic heterocycles. The van der Waals surface area contributed by atoms with Crippen LogP contribution in [0.2, 0.25) is 5.02 Å². The smallest absolute Gasteiger partial charge is 0.414 e. The van der Waals surface area contributed by atoms with Gasteiger partial charge in [-0.3, -0.25) is 4.79 Å². The number of hydrogen-bond acceptors (Lipinski definition) is 5. The van der Waals surface area contributed by atoms with E-state index in [9.17, 15) is 14.0 Å². The Balaban J connectivity index is 1.69. The Morgan fingerprint density at radius 1 is 1.13 bits per heavy atom. The first kappa shape index (κ1) is 20.2. The van der Waals surface area contributed by atoms with Crippen molar-refractivity contribution in [3.8, 4) is 17.1 Å². The van der Waals surface area contributed by atoms with Gasteiger partial charge in [-0.1, -0.05) is 17.7 Å². The molecule has 3 aromatic rings. The molecule has 0 saturated carbocycles. The molecule has 4 rings (SSSR count). The maximum Gasteiger partial charge on any atom is 0.414 e. The molecule has 0 aliphatic carbocycles. The maximum absolute atomic E-state index is 14.4. The second-order valence-corrected chi connectivity index (χ2v) is 7.09. The molecular formula is C21H18ClFN2O5. The first-order chi connectivity index (χ1) is 14.5. The van der Waals surface area contributed by atoms with Crippen LogP contribution in [-0.2, 0) is 4.74 Å². The third-order valence-corrected chi connectivity index (χ3v) is 5.05. The number of furan rings is 1. The van der Waals surface area contributed by atoms with Crippen LogP contribution < -0.4 is 10.1 Å². The Kier molecular flexibility index (Phi) is 5.61. The highest BCUT2D eigenvalue weighted by Gasteiger charge is 2.22. The lowest BCUT2D eigenvalue weighted by Crippen LogP contribution is -2.41. The molecule has 1 saturated heterocycles. The van der Waals surface area contributed by atoms with E-state index >= 15 is 0 Å². The van der Waals surface area contributed by atoms with Crippen LogP contribution in [0.25, 0.3) is 22.1 Å².